The van der Waals surface area contributed by atoms with Crippen LogP contribution in [0.2, 0.25) is 0 Å². The number of hydrogen-bond acceptors (Lipinski definition) is 6. The van der Waals surface area contributed by atoms with E-state index in [-0.39, 0.29) is 29.9 Å². The molecule has 10 N–H and O–H groups in total. The molecule has 33 heavy (non-hydrogen) atoms. The lowest BCUT2D eigenvalue weighted by atomic mass is 10.1. The van der Waals surface area contributed by atoms with Crippen LogP contribution in [0.4, 0.5) is 0 Å². The second kappa shape index (κ2) is 12.8. The molecule has 0 aromatic carbocycles. The molecule has 12 nitrogen and oxygen atoms in total. The first-order chi connectivity index (χ1) is 15.6. The maximum Gasteiger partial charge on any atom is 0.326 e. The van der Waals surface area contributed by atoms with E-state index in [1.165, 1.54) is 16.7 Å². The summed E-state index contributed by atoms with van der Waals surface area (Å²) in [5.74, 6) is -2.87. The van der Waals surface area contributed by atoms with Gasteiger partial charge >= 0.3 is 5.97 Å². The molecule has 0 bridgehead atoms. The molecule has 5 atom stereocenters. The Bertz CT molecular complexity index is 753. The van der Waals surface area contributed by atoms with Crippen molar-refractivity contribution in [2.45, 2.75) is 68.4 Å². The number of nitrogens with one attached hydrogen (secondary N) is 3. The first-order valence-electron chi connectivity index (χ1n) is 11.3. The van der Waals surface area contributed by atoms with Crippen molar-refractivity contribution in [3.63, 3.8) is 0 Å². The third-order valence-electron chi connectivity index (χ3n) is 5.93. The molecule has 2 fully saturated rings. The Labute approximate surface area is 196 Å². The number of hydrogen-bond donors (Lipinski definition) is 6. The average molecular weight is 489 g/mol. The lowest BCUT2D eigenvalue weighted by molar-refractivity contribution is -0.404. The number of rotatable bonds is 7. The minimum Gasteiger partial charge on any atom is -0.480 e. The van der Waals surface area contributed by atoms with Crippen molar-refractivity contribution in [1.82, 2.24) is 20.9 Å². The SMILES string of the molecule is C[C@@H]1SC[C@@H](C(=O)N[C@@H](CCCC[NH3+])C(=O)O)NC(=O)CNC(=O)[C@@H]2CCCN2C(=O)[C@@H]1[NH3+]. The molecular weight excluding hydrogens is 452 g/mol. The molecule has 2 aliphatic heterocycles. The highest BCUT2D eigenvalue weighted by atomic mass is 32.2. The molecule has 0 aliphatic carbocycles. The summed E-state index contributed by atoms with van der Waals surface area (Å²) in [7, 11) is 0. The monoisotopic (exact) mass is 488 g/mol. The van der Waals surface area contributed by atoms with Crippen molar-refractivity contribution in [3.8, 4) is 0 Å². The minimum absolute atomic E-state index is 0.126. The summed E-state index contributed by atoms with van der Waals surface area (Å²) in [4.78, 5) is 63.9. The van der Waals surface area contributed by atoms with Crippen LogP contribution >= 0.6 is 11.8 Å². The van der Waals surface area contributed by atoms with E-state index in [1.807, 2.05) is 0 Å². The Morgan fingerprint density at radius 1 is 1.30 bits per heavy atom. The molecule has 0 aromatic rings. The topological polar surface area (TPSA) is 200 Å². The fourth-order valence-corrected chi connectivity index (χ4v) is 4.93. The molecule has 2 rings (SSSR count). The summed E-state index contributed by atoms with van der Waals surface area (Å²) in [6, 6.07) is -3.39. The van der Waals surface area contributed by atoms with Gasteiger partial charge in [0.25, 0.3) is 5.91 Å². The summed E-state index contributed by atoms with van der Waals surface area (Å²) in [6.07, 6.45) is 2.81. The number of thioether (sulfide) groups is 1. The standard InChI is InChI=1S/C20H34N6O6S/c1-11-16(22)19(30)26-8-4-6-14(26)18(29)23-9-15(27)24-13(10-33-11)17(28)25-12(20(31)32)5-2-3-7-21/h11-14,16H,2-10,21-22H2,1H3,(H,23,29)(H,24,27)(H,25,28)(H,31,32)/p+2/t11-,12-,13-,14-,16+/m0/s1. The Kier molecular flexibility index (Phi) is 10.4. The highest BCUT2D eigenvalue weighted by Crippen LogP contribution is 2.22. The number of carbonyl (C=O) groups excluding carboxylic acids is 4. The number of amides is 4. The van der Waals surface area contributed by atoms with E-state index in [9.17, 15) is 29.1 Å². The van der Waals surface area contributed by atoms with Gasteiger partial charge in [-0.2, -0.15) is 0 Å². The predicted molar refractivity (Wildman–Crippen MR) is 119 cm³/mol. The van der Waals surface area contributed by atoms with Gasteiger partial charge in [-0.3, -0.25) is 19.2 Å². The van der Waals surface area contributed by atoms with Gasteiger partial charge in [-0.1, -0.05) is 0 Å². The average Bonchev–Trinajstić information content (AvgIpc) is 3.27. The molecule has 2 saturated heterocycles. The number of quaternary nitrogens is 2. The Hall–Kier alpha value is -2.38. The largest absolute Gasteiger partial charge is 0.480 e. The van der Waals surface area contributed by atoms with Gasteiger partial charge in [0.15, 0.2) is 6.04 Å². The quantitative estimate of drug-likeness (QED) is 0.198. The number of carbonyl (C=O) groups is 5. The van der Waals surface area contributed by atoms with Crippen molar-refractivity contribution in [1.29, 1.82) is 0 Å². The van der Waals surface area contributed by atoms with E-state index in [2.05, 4.69) is 27.4 Å². The van der Waals surface area contributed by atoms with Crippen LogP contribution in [-0.2, 0) is 24.0 Å². The highest BCUT2D eigenvalue weighted by Gasteiger charge is 2.40. The molecule has 0 aromatic heterocycles. The summed E-state index contributed by atoms with van der Waals surface area (Å²) < 4.78 is 0. The first kappa shape index (κ1) is 26.9. The van der Waals surface area contributed by atoms with Gasteiger partial charge in [-0.15, -0.1) is 11.8 Å². The zero-order valence-electron chi connectivity index (χ0n) is 19.0. The van der Waals surface area contributed by atoms with Crippen molar-refractivity contribution in [3.05, 3.63) is 0 Å². The van der Waals surface area contributed by atoms with Crippen LogP contribution in [0.15, 0.2) is 0 Å². The van der Waals surface area contributed by atoms with Gasteiger partial charge in [0.1, 0.15) is 18.1 Å². The minimum atomic E-state index is -1.15. The number of unbranched alkanes of at least 4 members (excludes halogenated alkanes) is 1. The molecule has 0 saturated carbocycles. The van der Waals surface area contributed by atoms with Gasteiger partial charge in [-0.25, -0.2) is 4.79 Å². The summed E-state index contributed by atoms with van der Waals surface area (Å²) >= 11 is 1.29. The van der Waals surface area contributed by atoms with Crippen LogP contribution in [-0.4, -0.2) is 94.4 Å². The van der Waals surface area contributed by atoms with Crippen LogP contribution in [0.3, 0.4) is 0 Å². The van der Waals surface area contributed by atoms with E-state index < -0.39 is 47.9 Å². The Morgan fingerprint density at radius 2 is 2.03 bits per heavy atom. The zero-order valence-corrected chi connectivity index (χ0v) is 19.8. The van der Waals surface area contributed by atoms with Crippen molar-refractivity contribution in [2.75, 3.05) is 25.4 Å². The zero-order chi connectivity index (χ0) is 24.5. The summed E-state index contributed by atoms with van der Waals surface area (Å²) in [6.45, 7) is 2.59. The second-order valence-electron chi connectivity index (χ2n) is 8.42. The van der Waals surface area contributed by atoms with E-state index in [0.717, 1.165) is 6.42 Å². The maximum absolute atomic E-state index is 12.9. The second-order valence-corrected chi connectivity index (χ2v) is 9.83. The van der Waals surface area contributed by atoms with Crippen molar-refractivity contribution < 1.29 is 40.5 Å². The van der Waals surface area contributed by atoms with E-state index >= 15 is 0 Å². The van der Waals surface area contributed by atoms with E-state index in [4.69, 9.17) is 0 Å². The molecule has 4 amide bonds. The van der Waals surface area contributed by atoms with Gasteiger partial charge in [-0.05, 0) is 39.0 Å². The number of fused-ring (bicyclic) bond motifs is 1. The number of carboxylic acid groups (broad SMARTS) is 1. The summed E-state index contributed by atoms with van der Waals surface area (Å²) in [5, 5.41) is 16.8. The normalized spacial score (nSPS) is 27.8. The number of aliphatic carboxylic acids is 1. The molecule has 0 unspecified atom stereocenters. The molecular formula is C20H36N6O6S+2. The van der Waals surface area contributed by atoms with Gasteiger partial charge in [0.05, 0.1) is 18.3 Å². The van der Waals surface area contributed by atoms with Gasteiger partial charge in [0.2, 0.25) is 17.7 Å². The number of carboxylic acids is 1. The van der Waals surface area contributed by atoms with Crippen molar-refractivity contribution >= 4 is 41.4 Å². The summed E-state index contributed by atoms with van der Waals surface area (Å²) in [5.41, 5.74) is 7.70. The predicted octanol–water partition coefficient (Wildman–Crippen LogP) is -3.69. The Morgan fingerprint density at radius 3 is 2.70 bits per heavy atom. The lowest BCUT2D eigenvalue weighted by Gasteiger charge is -2.27. The molecule has 13 heteroatoms. The smallest absolute Gasteiger partial charge is 0.326 e. The van der Waals surface area contributed by atoms with E-state index in [1.54, 1.807) is 6.92 Å². The third-order valence-corrected chi connectivity index (χ3v) is 7.31. The molecule has 2 aliphatic rings. The Balaban J connectivity index is 2.14. The third kappa shape index (κ3) is 7.57. The van der Waals surface area contributed by atoms with E-state index in [0.29, 0.717) is 32.4 Å². The van der Waals surface area contributed by atoms with Crippen LogP contribution in [0, 0.1) is 0 Å². The molecule has 0 radical (unpaired) electrons. The fraction of sp³-hybridized carbons (Fsp3) is 0.750. The van der Waals surface area contributed by atoms with Gasteiger partial charge < -0.3 is 37.4 Å². The molecule has 186 valence electrons. The molecule has 0 spiro atoms. The first-order valence-corrected chi connectivity index (χ1v) is 12.3. The maximum atomic E-state index is 12.9. The van der Waals surface area contributed by atoms with Crippen LogP contribution in [0.1, 0.15) is 39.0 Å². The van der Waals surface area contributed by atoms with Crippen LogP contribution in [0.25, 0.3) is 0 Å². The van der Waals surface area contributed by atoms with Gasteiger partial charge in [0, 0.05) is 12.3 Å². The van der Waals surface area contributed by atoms with Crippen molar-refractivity contribution in [2.24, 2.45) is 0 Å². The fourth-order valence-electron chi connectivity index (χ4n) is 3.85. The molecule has 2 heterocycles. The van der Waals surface area contributed by atoms with Crippen LogP contribution < -0.4 is 27.4 Å². The van der Waals surface area contributed by atoms with Crippen LogP contribution in [0.5, 0.6) is 0 Å². The number of nitrogens with zero attached hydrogens (tertiary/aromatic N) is 1. The highest BCUT2D eigenvalue weighted by molar-refractivity contribution is 8.00. The lowest BCUT2D eigenvalue weighted by Crippen LogP contribution is -2.72.